The van der Waals surface area contributed by atoms with Crippen LogP contribution in [0.15, 0.2) is 108 Å². The Hall–Kier alpha value is -3.66. The van der Waals surface area contributed by atoms with Crippen LogP contribution >= 0.6 is 0 Å². The molecule has 0 bridgehead atoms. The van der Waals surface area contributed by atoms with Crippen LogP contribution in [-0.2, 0) is 19.1 Å². The van der Waals surface area contributed by atoms with E-state index in [4.69, 9.17) is 9.47 Å². The highest BCUT2D eigenvalue weighted by molar-refractivity contribution is 5.93. The Bertz CT molecular complexity index is 1000. The molecule has 0 N–H and O–H groups in total. The van der Waals surface area contributed by atoms with Gasteiger partial charge < -0.3 is 9.47 Å². The monoisotopic (exact) mass is 400 g/mol. The number of rotatable bonds is 5. The van der Waals surface area contributed by atoms with Crippen LogP contribution in [0.4, 0.5) is 0 Å². The summed E-state index contributed by atoms with van der Waals surface area (Å²) >= 11 is 0. The lowest BCUT2D eigenvalue weighted by atomic mass is 9.67. The fourth-order valence-corrected chi connectivity index (χ4v) is 3.67. The van der Waals surface area contributed by atoms with Crippen LogP contribution in [0.5, 0.6) is 0 Å². The van der Waals surface area contributed by atoms with Crippen molar-refractivity contribution in [3.05, 3.63) is 114 Å². The zero-order valence-corrected chi connectivity index (χ0v) is 17.0. The molecule has 0 spiro atoms. The predicted molar refractivity (Wildman–Crippen MR) is 118 cm³/mol. The molecule has 30 heavy (non-hydrogen) atoms. The van der Waals surface area contributed by atoms with Gasteiger partial charge in [0.15, 0.2) is 0 Å². The Balaban J connectivity index is 2.15. The molecule has 2 unspecified atom stereocenters. The number of methoxy groups -OCH3 is 2. The highest BCUT2D eigenvalue weighted by Crippen LogP contribution is 2.46. The van der Waals surface area contributed by atoms with Crippen molar-refractivity contribution in [2.45, 2.75) is 0 Å². The summed E-state index contributed by atoms with van der Waals surface area (Å²) in [6.07, 6.45) is 22.0. The van der Waals surface area contributed by atoms with E-state index in [-0.39, 0.29) is 0 Å². The van der Waals surface area contributed by atoms with Gasteiger partial charge in [-0.15, -0.1) is 0 Å². The summed E-state index contributed by atoms with van der Waals surface area (Å²) in [6, 6.07) is 9.82. The second kappa shape index (κ2) is 9.70. The topological polar surface area (TPSA) is 52.6 Å². The van der Waals surface area contributed by atoms with Gasteiger partial charge in [-0.05, 0) is 16.7 Å². The minimum atomic E-state index is -1.37. The van der Waals surface area contributed by atoms with Crippen molar-refractivity contribution in [3.8, 4) is 0 Å². The molecule has 2 aliphatic carbocycles. The van der Waals surface area contributed by atoms with Gasteiger partial charge in [-0.3, -0.25) is 9.59 Å². The van der Waals surface area contributed by atoms with Gasteiger partial charge in [-0.1, -0.05) is 103 Å². The van der Waals surface area contributed by atoms with Gasteiger partial charge >= 0.3 is 11.9 Å². The van der Waals surface area contributed by atoms with E-state index in [0.717, 1.165) is 11.1 Å². The van der Waals surface area contributed by atoms with Gasteiger partial charge in [0.25, 0.3) is 0 Å². The van der Waals surface area contributed by atoms with E-state index >= 15 is 0 Å². The number of benzene rings is 1. The Kier molecular flexibility index (Phi) is 6.81. The lowest BCUT2D eigenvalue weighted by molar-refractivity contribution is -0.158. The largest absolute Gasteiger partial charge is 0.469 e. The number of carbonyl (C=O) groups is 2. The molecule has 0 aromatic heterocycles. The average molecular weight is 400 g/mol. The molecular formula is C26H24O4. The first-order valence-electron chi connectivity index (χ1n) is 9.65. The zero-order chi connectivity index (χ0) is 21.4. The minimum Gasteiger partial charge on any atom is -0.469 e. The van der Waals surface area contributed by atoms with Crippen molar-refractivity contribution < 1.29 is 19.1 Å². The van der Waals surface area contributed by atoms with Crippen molar-refractivity contribution in [2.24, 2.45) is 11.3 Å². The molecule has 152 valence electrons. The van der Waals surface area contributed by atoms with Crippen molar-refractivity contribution in [2.75, 3.05) is 14.2 Å². The number of hydrogen-bond acceptors (Lipinski definition) is 4. The molecule has 0 fully saturated rings. The van der Waals surface area contributed by atoms with Crippen LogP contribution in [0.3, 0.4) is 0 Å². The maximum absolute atomic E-state index is 13.2. The number of hydrogen-bond donors (Lipinski definition) is 0. The third-order valence-electron chi connectivity index (χ3n) is 5.12. The first-order chi connectivity index (χ1) is 14.6. The summed E-state index contributed by atoms with van der Waals surface area (Å²) in [5, 5.41) is 0. The Morgan fingerprint density at radius 1 is 0.933 bits per heavy atom. The van der Waals surface area contributed by atoms with E-state index in [0.29, 0.717) is 5.57 Å². The van der Waals surface area contributed by atoms with E-state index in [1.165, 1.54) is 14.2 Å². The summed E-state index contributed by atoms with van der Waals surface area (Å²) in [6.45, 7) is 0. The van der Waals surface area contributed by atoms with Gasteiger partial charge in [-0.25, -0.2) is 0 Å². The summed E-state index contributed by atoms with van der Waals surface area (Å²) in [7, 11) is 2.64. The van der Waals surface area contributed by atoms with E-state index in [9.17, 15) is 9.59 Å². The molecular weight excluding hydrogens is 376 g/mol. The summed E-state index contributed by atoms with van der Waals surface area (Å²) in [5.74, 6) is -1.92. The van der Waals surface area contributed by atoms with E-state index in [2.05, 4.69) is 0 Å². The Morgan fingerprint density at radius 3 is 2.47 bits per heavy atom. The fourth-order valence-electron chi connectivity index (χ4n) is 3.67. The molecule has 3 rings (SSSR count). The molecule has 4 nitrogen and oxygen atoms in total. The van der Waals surface area contributed by atoms with Gasteiger partial charge in [-0.2, -0.15) is 0 Å². The van der Waals surface area contributed by atoms with Crippen LogP contribution in [-0.4, -0.2) is 26.2 Å². The number of esters is 2. The van der Waals surface area contributed by atoms with Gasteiger partial charge in [0.05, 0.1) is 20.1 Å². The van der Waals surface area contributed by atoms with Crippen LogP contribution in [0.2, 0.25) is 0 Å². The van der Waals surface area contributed by atoms with Crippen molar-refractivity contribution >= 4 is 18.0 Å². The van der Waals surface area contributed by atoms with Crippen molar-refractivity contribution in [1.29, 1.82) is 0 Å². The standard InChI is InChI=1S/C26H24O4/c1-29-24(27)23-18-11-16-21-15-7-4-8-17-22(21)26(23,25(28)30-2)19-10-9-14-20-12-5-3-6-13-20/h3-19,23H,1-2H3/b14-9+,19-10+. The molecule has 4 heteroatoms. The second-order valence-electron chi connectivity index (χ2n) is 6.82. The summed E-state index contributed by atoms with van der Waals surface area (Å²) in [5.41, 5.74) is 1.15. The van der Waals surface area contributed by atoms with E-state index < -0.39 is 23.3 Å². The van der Waals surface area contributed by atoms with Gasteiger partial charge in [0, 0.05) is 0 Å². The quantitative estimate of drug-likeness (QED) is 0.529. The smallest absolute Gasteiger partial charge is 0.321 e. The van der Waals surface area contributed by atoms with Crippen LogP contribution in [0, 0.1) is 11.3 Å². The number of carbonyl (C=O) groups excluding carboxylic acids is 2. The second-order valence-corrected chi connectivity index (χ2v) is 6.82. The molecule has 1 aromatic rings. The third-order valence-corrected chi connectivity index (χ3v) is 5.12. The van der Waals surface area contributed by atoms with Crippen LogP contribution in [0.25, 0.3) is 6.08 Å². The maximum atomic E-state index is 13.2. The molecule has 1 aromatic carbocycles. The van der Waals surface area contributed by atoms with Crippen molar-refractivity contribution in [1.82, 2.24) is 0 Å². The fraction of sp³-hybridized carbons (Fsp3) is 0.154. The highest BCUT2D eigenvalue weighted by Gasteiger charge is 2.51. The first kappa shape index (κ1) is 21.1. The Labute approximate surface area is 176 Å². The molecule has 0 amide bonds. The molecule has 0 heterocycles. The SMILES string of the molecule is COC(=O)C1C=CC=C2C=CC=CC=C2C1(/C=C/C=C/c1ccccc1)C(=O)OC. The van der Waals surface area contributed by atoms with E-state index in [1.54, 1.807) is 24.3 Å². The lowest BCUT2D eigenvalue weighted by Gasteiger charge is -2.34. The predicted octanol–water partition coefficient (Wildman–Crippen LogP) is 4.75. The van der Waals surface area contributed by atoms with Gasteiger partial charge in [0.2, 0.25) is 0 Å². The van der Waals surface area contributed by atoms with Gasteiger partial charge in [0.1, 0.15) is 5.41 Å². The van der Waals surface area contributed by atoms with E-state index in [1.807, 2.05) is 78.9 Å². The molecule has 2 atom stereocenters. The third kappa shape index (κ3) is 4.18. The zero-order valence-electron chi connectivity index (χ0n) is 17.0. The number of fused-ring (bicyclic) bond motifs is 1. The van der Waals surface area contributed by atoms with Crippen LogP contribution < -0.4 is 0 Å². The average Bonchev–Trinajstić information content (AvgIpc) is 3.10. The molecule has 0 saturated carbocycles. The van der Waals surface area contributed by atoms with Crippen LogP contribution in [0.1, 0.15) is 5.56 Å². The molecule has 2 aliphatic rings. The molecule has 0 aliphatic heterocycles. The number of allylic oxidation sites excluding steroid dienone is 10. The molecule has 0 radical (unpaired) electrons. The summed E-state index contributed by atoms with van der Waals surface area (Å²) < 4.78 is 10.3. The minimum absolute atomic E-state index is 0.513. The number of ether oxygens (including phenoxy) is 2. The Morgan fingerprint density at radius 2 is 1.73 bits per heavy atom. The normalized spacial score (nSPS) is 22.8. The first-order valence-corrected chi connectivity index (χ1v) is 9.65. The molecule has 0 saturated heterocycles. The maximum Gasteiger partial charge on any atom is 0.321 e. The highest BCUT2D eigenvalue weighted by atomic mass is 16.5. The summed E-state index contributed by atoms with van der Waals surface area (Å²) in [4.78, 5) is 26.0. The van der Waals surface area contributed by atoms with Crippen molar-refractivity contribution in [3.63, 3.8) is 0 Å². The lowest BCUT2D eigenvalue weighted by Crippen LogP contribution is -2.43.